The van der Waals surface area contributed by atoms with Gasteiger partial charge in [0.25, 0.3) is 0 Å². The maximum absolute atomic E-state index is 6.67. The summed E-state index contributed by atoms with van der Waals surface area (Å²) in [5, 5.41) is 11.4. The van der Waals surface area contributed by atoms with Crippen LogP contribution in [0.5, 0.6) is 0 Å². The Morgan fingerprint density at radius 3 is 2.53 bits per heavy atom. The molecule has 5 aliphatic carbocycles. The van der Waals surface area contributed by atoms with Crippen molar-refractivity contribution in [2.45, 2.75) is 111 Å². The van der Waals surface area contributed by atoms with Crippen LogP contribution in [0.1, 0.15) is 111 Å². The molecule has 49 heavy (non-hydrogen) atoms. The fourth-order valence-corrected chi connectivity index (χ4v) is 13.3. The van der Waals surface area contributed by atoms with Crippen LogP contribution in [-0.2, 0) is 17.3 Å². The van der Waals surface area contributed by atoms with Crippen molar-refractivity contribution >= 4 is 22.5 Å². The molecule has 9 rings (SSSR count). The predicted molar refractivity (Wildman–Crippen MR) is 196 cm³/mol. The van der Waals surface area contributed by atoms with Crippen molar-refractivity contribution in [3.63, 3.8) is 0 Å². The second kappa shape index (κ2) is 10.5. The van der Waals surface area contributed by atoms with E-state index in [1.807, 2.05) is 24.4 Å². The van der Waals surface area contributed by atoms with Crippen LogP contribution in [0.3, 0.4) is 0 Å². The minimum absolute atomic E-state index is 0.00135. The van der Waals surface area contributed by atoms with Gasteiger partial charge in [-0.3, -0.25) is 9.97 Å². The van der Waals surface area contributed by atoms with Gasteiger partial charge < -0.3 is 4.42 Å². The minimum Gasteiger partial charge on any atom is -0.420 e. The van der Waals surface area contributed by atoms with Crippen LogP contribution in [0.25, 0.3) is 22.4 Å². The molecule has 0 aliphatic heterocycles. The molecule has 0 amide bonds. The highest BCUT2D eigenvalue weighted by Crippen LogP contribution is 2.75. The summed E-state index contributed by atoms with van der Waals surface area (Å²) in [5.74, 6) is 4.24. The lowest BCUT2D eigenvalue weighted by Gasteiger charge is -2.71. The highest BCUT2D eigenvalue weighted by atomic mass is 35.5. The molecule has 6 heteroatoms. The zero-order valence-corrected chi connectivity index (χ0v) is 31.1. The number of hydrogen-bond acceptors (Lipinski definition) is 5. The van der Waals surface area contributed by atoms with E-state index in [1.165, 1.54) is 36.9 Å². The summed E-state index contributed by atoms with van der Waals surface area (Å²) in [6.45, 7) is 18.0. The second-order valence-corrected chi connectivity index (χ2v) is 18.6. The van der Waals surface area contributed by atoms with Gasteiger partial charge in [0.2, 0.25) is 11.8 Å². The Bertz CT molecular complexity index is 2000. The van der Waals surface area contributed by atoms with Crippen LogP contribution < -0.4 is 0 Å². The van der Waals surface area contributed by atoms with Crippen molar-refractivity contribution in [2.24, 2.45) is 45.8 Å². The summed E-state index contributed by atoms with van der Waals surface area (Å²) in [7, 11) is 0. The lowest BCUT2D eigenvalue weighted by atomic mass is 9.33. The van der Waals surface area contributed by atoms with E-state index in [2.05, 4.69) is 82.8 Å². The van der Waals surface area contributed by atoms with E-state index in [0.29, 0.717) is 35.5 Å². The third kappa shape index (κ3) is 4.17. The fourth-order valence-electron chi connectivity index (χ4n) is 13.1. The molecule has 0 spiro atoms. The number of halogens is 1. The Morgan fingerprint density at radius 2 is 1.73 bits per heavy atom. The standard InChI is InChI=1S/C43H51ClN4O/c1-25-14-17-43(38-48-47-37(49-38)27-9-8-20-45-24-27)19-18-41(6)31(35(43)26(25)2)11-13-34-40(5)23-29-21-28-22-30(44)10-12-32(28)46-36(29)39(3,4)33(40)15-16-42(34,41)7/h8-12,20-22,24-26,33-35H,13-19,23H2,1-7H3/t25-,26+,33+,34-,35+,40+,41-,42-,43+/m1/s1. The quantitative estimate of drug-likeness (QED) is 0.198. The van der Waals surface area contributed by atoms with E-state index in [0.717, 1.165) is 53.1 Å². The number of benzene rings is 1. The molecule has 3 heterocycles. The molecular weight excluding hydrogens is 624 g/mol. The van der Waals surface area contributed by atoms with E-state index < -0.39 is 0 Å². The Kier molecular flexibility index (Phi) is 6.83. The first kappa shape index (κ1) is 31.9. The number of rotatable bonds is 2. The monoisotopic (exact) mass is 674 g/mol. The van der Waals surface area contributed by atoms with Gasteiger partial charge in [-0.2, -0.15) is 0 Å². The Balaban J connectivity index is 1.14. The van der Waals surface area contributed by atoms with Gasteiger partial charge in [-0.25, -0.2) is 0 Å². The Labute approximate surface area is 296 Å². The first-order chi connectivity index (χ1) is 23.3. The van der Waals surface area contributed by atoms with E-state index in [-0.39, 0.29) is 27.1 Å². The number of allylic oxidation sites excluding steroid dienone is 2. The Hall–Kier alpha value is -3.05. The molecular formula is C43H51ClN4O. The van der Waals surface area contributed by atoms with E-state index in [9.17, 15) is 0 Å². The molecule has 0 radical (unpaired) electrons. The number of fused-ring (bicyclic) bond motifs is 9. The van der Waals surface area contributed by atoms with Crippen LogP contribution in [0.2, 0.25) is 5.02 Å². The lowest BCUT2D eigenvalue weighted by Crippen LogP contribution is -2.65. The lowest BCUT2D eigenvalue weighted by molar-refractivity contribution is -0.157. The van der Waals surface area contributed by atoms with Crippen molar-refractivity contribution in [1.82, 2.24) is 20.2 Å². The predicted octanol–water partition coefficient (Wildman–Crippen LogP) is 11.0. The first-order valence-electron chi connectivity index (χ1n) is 18.9. The molecule has 4 aromatic rings. The van der Waals surface area contributed by atoms with E-state index >= 15 is 0 Å². The van der Waals surface area contributed by atoms with Crippen molar-refractivity contribution in [1.29, 1.82) is 0 Å². The van der Waals surface area contributed by atoms with Gasteiger partial charge in [0, 0.05) is 28.2 Å². The van der Waals surface area contributed by atoms with Gasteiger partial charge in [-0.15, -0.1) is 10.2 Å². The summed E-state index contributed by atoms with van der Waals surface area (Å²) in [6, 6.07) is 12.6. The second-order valence-electron chi connectivity index (χ2n) is 18.2. The van der Waals surface area contributed by atoms with Gasteiger partial charge in [0.05, 0.1) is 22.2 Å². The van der Waals surface area contributed by atoms with Crippen LogP contribution in [0.4, 0.5) is 0 Å². The average Bonchev–Trinajstić information content (AvgIpc) is 3.57. The smallest absolute Gasteiger partial charge is 0.249 e. The SMILES string of the molecule is C[C@H]1[C@H](C)CC[C@]2(c3nnc(-c4cccnc4)o3)CC[C@]3(C)C(=CC[C@@H]4[C@@]5(C)Cc6cc7cc(Cl)ccc7nc6C(C)(C)[C@@H]5CC[C@]43C)[C@H]12. The molecule has 9 atom stereocenters. The van der Waals surface area contributed by atoms with Crippen molar-refractivity contribution in [2.75, 3.05) is 0 Å². The maximum atomic E-state index is 6.67. The maximum Gasteiger partial charge on any atom is 0.249 e. The van der Waals surface area contributed by atoms with Crippen molar-refractivity contribution in [3.8, 4) is 11.5 Å². The molecule has 0 bridgehead atoms. The molecule has 0 unspecified atom stereocenters. The van der Waals surface area contributed by atoms with Crippen molar-refractivity contribution < 1.29 is 4.42 Å². The largest absolute Gasteiger partial charge is 0.420 e. The summed E-state index contributed by atoms with van der Waals surface area (Å²) in [5.41, 5.74) is 6.79. The number of pyridine rings is 2. The molecule has 3 saturated carbocycles. The van der Waals surface area contributed by atoms with Crippen LogP contribution in [-0.4, -0.2) is 20.2 Å². The molecule has 5 nitrogen and oxygen atoms in total. The number of hydrogen-bond donors (Lipinski definition) is 0. The number of nitrogens with zero attached hydrogens (tertiary/aromatic N) is 4. The van der Waals surface area contributed by atoms with Gasteiger partial charge in [-0.1, -0.05) is 71.7 Å². The molecule has 256 valence electrons. The highest BCUT2D eigenvalue weighted by molar-refractivity contribution is 6.31. The van der Waals surface area contributed by atoms with Gasteiger partial charge in [0.1, 0.15) is 0 Å². The molecule has 0 N–H and O–H groups in total. The summed E-state index contributed by atoms with van der Waals surface area (Å²) in [6.07, 6.45) is 15.7. The average molecular weight is 675 g/mol. The molecule has 5 aliphatic rings. The van der Waals surface area contributed by atoms with Gasteiger partial charge in [0.15, 0.2) is 0 Å². The Morgan fingerprint density at radius 1 is 0.898 bits per heavy atom. The van der Waals surface area contributed by atoms with Gasteiger partial charge >= 0.3 is 0 Å². The van der Waals surface area contributed by atoms with Gasteiger partial charge in [-0.05, 0) is 139 Å². The topological polar surface area (TPSA) is 64.7 Å². The summed E-state index contributed by atoms with van der Waals surface area (Å²) in [4.78, 5) is 9.68. The zero-order chi connectivity index (χ0) is 34.1. The molecule has 0 saturated heterocycles. The number of aromatic nitrogens is 4. The molecule has 3 aromatic heterocycles. The molecule has 1 aromatic carbocycles. The first-order valence-corrected chi connectivity index (χ1v) is 19.2. The van der Waals surface area contributed by atoms with E-state index in [4.69, 9.17) is 26.1 Å². The third-order valence-corrected chi connectivity index (χ3v) is 16.2. The third-order valence-electron chi connectivity index (χ3n) is 15.9. The van der Waals surface area contributed by atoms with Crippen LogP contribution in [0, 0.1) is 45.8 Å². The van der Waals surface area contributed by atoms with Crippen molar-refractivity contribution in [3.05, 3.63) is 82.6 Å². The summed E-state index contributed by atoms with van der Waals surface area (Å²) >= 11 is 6.48. The summed E-state index contributed by atoms with van der Waals surface area (Å²) < 4.78 is 6.67. The van der Waals surface area contributed by atoms with E-state index in [1.54, 1.807) is 11.8 Å². The fraction of sp³-hybridized carbons (Fsp3) is 0.581. The zero-order valence-electron chi connectivity index (χ0n) is 30.3. The normalized spacial score (nSPS) is 39.2. The van der Waals surface area contributed by atoms with Crippen LogP contribution >= 0.6 is 11.6 Å². The molecule has 3 fully saturated rings. The highest BCUT2D eigenvalue weighted by Gasteiger charge is 2.69. The van der Waals surface area contributed by atoms with Crippen LogP contribution in [0.15, 0.2) is 64.9 Å². The minimum atomic E-state index is -0.116.